The molecule has 0 aromatic heterocycles. The monoisotopic (exact) mass is 422 g/mol. The second-order valence-electron chi connectivity index (χ2n) is 10.4. The van der Waals surface area contributed by atoms with Crippen LogP contribution in [0.4, 0.5) is 0 Å². The maximum Gasteiger partial charge on any atom is 0.136 e. The van der Waals surface area contributed by atoms with Crippen LogP contribution < -0.4 is 0 Å². The summed E-state index contributed by atoms with van der Waals surface area (Å²) in [4.78, 5) is 17.2. The fourth-order valence-corrected chi connectivity index (χ4v) is 5.71. The number of carbonyl (C=O) groups is 1. The van der Waals surface area contributed by atoms with Gasteiger partial charge in [0.2, 0.25) is 0 Å². The second-order valence-corrected chi connectivity index (χ2v) is 10.4. The van der Waals surface area contributed by atoms with Crippen molar-refractivity contribution >= 4 is 5.78 Å². The first-order chi connectivity index (χ1) is 14.4. The molecule has 0 aliphatic heterocycles. The van der Waals surface area contributed by atoms with E-state index >= 15 is 0 Å². The van der Waals surface area contributed by atoms with Gasteiger partial charge >= 0.3 is 0 Å². The van der Waals surface area contributed by atoms with Crippen LogP contribution in [-0.2, 0) is 9.68 Å². The standard InChI is InChI=1S/C26H46O4/c1-4-5-6-9-12-16-26(28)17-15-22-21(19-26)18-24(27)23(22)13-10-7-8-11-14-25(30-29)20(2)3/h7,10,20-23,25,28-29H,4-6,8-9,11-19H2,1-3H3/t21-,22-,23+,25?,26-/m0/s1. The number of unbranched alkanes of at least 4 members (excludes halogenated alkanes) is 5. The molecule has 2 fully saturated rings. The van der Waals surface area contributed by atoms with Gasteiger partial charge in [-0.05, 0) is 69.1 Å². The van der Waals surface area contributed by atoms with Crippen molar-refractivity contribution in [2.24, 2.45) is 23.7 Å². The normalized spacial score (nSPS) is 30.3. The molecule has 4 heteroatoms. The van der Waals surface area contributed by atoms with E-state index in [1.165, 1.54) is 25.7 Å². The van der Waals surface area contributed by atoms with E-state index in [0.29, 0.717) is 30.0 Å². The number of Topliss-reactive ketones (excluding diaryl/α,β-unsaturated/α-hetero) is 1. The highest BCUT2D eigenvalue weighted by Gasteiger charge is 2.48. The number of allylic oxidation sites excluding steroid dienone is 2. The molecule has 174 valence electrons. The van der Waals surface area contributed by atoms with E-state index in [4.69, 9.17) is 5.26 Å². The zero-order valence-corrected chi connectivity index (χ0v) is 19.7. The van der Waals surface area contributed by atoms with Gasteiger partial charge in [-0.25, -0.2) is 4.89 Å². The molecule has 2 N–H and O–H groups in total. The van der Waals surface area contributed by atoms with E-state index in [-0.39, 0.29) is 12.0 Å². The largest absolute Gasteiger partial charge is 0.390 e. The second kappa shape index (κ2) is 13.0. The molecular formula is C26H46O4. The summed E-state index contributed by atoms with van der Waals surface area (Å²) in [5.74, 6) is 1.74. The third kappa shape index (κ3) is 7.76. The molecule has 0 amide bonds. The molecule has 2 aliphatic rings. The van der Waals surface area contributed by atoms with Crippen molar-refractivity contribution in [1.29, 1.82) is 0 Å². The molecule has 2 rings (SSSR count). The first-order valence-electron chi connectivity index (χ1n) is 12.6. The highest BCUT2D eigenvalue weighted by molar-refractivity contribution is 5.84. The Balaban J connectivity index is 1.72. The maximum absolute atomic E-state index is 12.6. The number of aliphatic hydroxyl groups is 1. The molecule has 5 atom stereocenters. The van der Waals surface area contributed by atoms with Gasteiger partial charge in [-0.3, -0.25) is 10.1 Å². The van der Waals surface area contributed by atoms with E-state index in [2.05, 4.69) is 37.8 Å². The Kier molecular flexibility index (Phi) is 11.1. The number of ketones is 1. The van der Waals surface area contributed by atoms with Crippen molar-refractivity contribution in [1.82, 2.24) is 0 Å². The summed E-state index contributed by atoms with van der Waals surface area (Å²) in [6, 6.07) is 0. The maximum atomic E-state index is 12.6. The lowest BCUT2D eigenvalue weighted by atomic mass is 9.69. The van der Waals surface area contributed by atoms with E-state index in [0.717, 1.165) is 57.8 Å². The zero-order chi connectivity index (χ0) is 22.0. The molecule has 4 nitrogen and oxygen atoms in total. The number of hydrogen-bond donors (Lipinski definition) is 2. The van der Waals surface area contributed by atoms with E-state index in [9.17, 15) is 9.90 Å². The van der Waals surface area contributed by atoms with Gasteiger partial charge in [0.15, 0.2) is 0 Å². The smallest absolute Gasteiger partial charge is 0.136 e. The van der Waals surface area contributed by atoms with Crippen LogP contribution in [0, 0.1) is 23.7 Å². The van der Waals surface area contributed by atoms with Crippen molar-refractivity contribution in [2.75, 3.05) is 0 Å². The summed E-state index contributed by atoms with van der Waals surface area (Å²) in [7, 11) is 0. The summed E-state index contributed by atoms with van der Waals surface area (Å²) in [6.45, 7) is 6.33. The number of hydrogen-bond acceptors (Lipinski definition) is 4. The third-order valence-corrected chi connectivity index (χ3v) is 7.63. The Bertz CT molecular complexity index is 529. The predicted molar refractivity (Wildman–Crippen MR) is 122 cm³/mol. The summed E-state index contributed by atoms with van der Waals surface area (Å²) < 4.78 is 0. The Hall–Kier alpha value is -0.710. The molecule has 2 aliphatic carbocycles. The Morgan fingerprint density at radius 1 is 1.17 bits per heavy atom. The lowest BCUT2D eigenvalue weighted by molar-refractivity contribution is -0.289. The van der Waals surface area contributed by atoms with Crippen molar-refractivity contribution in [2.45, 2.75) is 122 Å². The quantitative estimate of drug-likeness (QED) is 0.141. The van der Waals surface area contributed by atoms with Crippen LogP contribution in [0.15, 0.2) is 12.2 Å². The van der Waals surface area contributed by atoms with E-state index in [1.807, 2.05) is 0 Å². The van der Waals surface area contributed by atoms with Crippen LogP contribution in [0.2, 0.25) is 0 Å². The third-order valence-electron chi connectivity index (χ3n) is 7.63. The SMILES string of the molecule is CCCCCCC[C@]1(O)CC[C@H]2[C@@H](CC(=O)[C@@H]2CC=CCCCC(OO)C(C)C)C1. The van der Waals surface area contributed by atoms with Crippen LogP contribution >= 0.6 is 0 Å². The van der Waals surface area contributed by atoms with Crippen molar-refractivity contribution in [3.63, 3.8) is 0 Å². The van der Waals surface area contributed by atoms with Gasteiger partial charge < -0.3 is 5.11 Å². The van der Waals surface area contributed by atoms with Crippen LogP contribution in [0.5, 0.6) is 0 Å². The van der Waals surface area contributed by atoms with Crippen LogP contribution in [-0.4, -0.2) is 27.9 Å². The molecule has 30 heavy (non-hydrogen) atoms. The topological polar surface area (TPSA) is 66.8 Å². The number of rotatable bonds is 14. The molecule has 0 radical (unpaired) electrons. The summed E-state index contributed by atoms with van der Waals surface area (Å²) >= 11 is 0. The van der Waals surface area contributed by atoms with Crippen LogP contribution in [0.25, 0.3) is 0 Å². The molecule has 0 aromatic carbocycles. The van der Waals surface area contributed by atoms with Gasteiger partial charge in [-0.1, -0.05) is 65.0 Å². The summed E-state index contributed by atoms with van der Waals surface area (Å²) in [6.07, 6.45) is 18.4. The molecule has 0 spiro atoms. The average molecular weight is 423 g/mol. The molecule has 1 unspecified atom stereocenters. The minimum atomic E-state index is -0.528. The molecular weight excluding hydrogens is 376 g/mol. The van der Waals surface area contributed by atoms with Crippen LogP contribution in [0.3, 0.4) is 0 Å². The molecule has 0 aromatic rings. The lowest BCUT2D eigenvalue weighted by Gasteiger charge is -2.40. The van der Waals surface area contributed by atoms with Crippen molar-refractivity contribution in [3.8, 4) is 0 Å². The molecule has 2 saturated carbocycles. The Morgan fingerprint density at radius 2 is 1.93 bits per heavy atom. The van der Waals surface area contributed by atoms with E-state index < -0.39 is 5.60 Å². The van der Waals surface area contributed by atoms with Gasteiger partial charge in [0.25, 0.3) is 0 Å². The summed E-state index contributed by atoms with van der Waals surface area (Å²) in [5, 5.41) is 20.0. The van der Waals surface area contributed by atoms with Gasteiger partial charge in [0.1, 0.15) is 5.78 Å². The van der Waals surface area contributed by atoms with Gasteiger partial charge in [-0.15, -0.1) is 0 Å². The van der Waals surface area contributed by atoms with Crippen molar-refractivity contribution in [3.05, 3.63) is 12.2 Å². The summed E-state index contributed by atoms with van der Waals surface area (Å²) in [5.41, 5.74) is -0.528. The lowest BCUT2D eigenvalue weighted by Crippen LogP contribution is -2.38. The first-order valence-corrected chi connectivity index (χ1v) is 12.6. The van der Waals surface area contributed by atoms with Crippen LogP contribution in [0.1, 0.15) is 111 Å². The highest BCUT2D eigenvalue weighted by Crippen LogP contribution is 2.49. The van der Waals surface area contributed by atoms with Crippen molar-refractivity contribution < 1.29 is 20.0 Å². The minimum Gasteiger partial charge on any atom is -0.390 e. The average Bonchev–Trinajstić information content (AvgIpc) is 3.00. The predicted octanol–water partition coefficient (Wildman–Crippen LogP) is 6.71. The minimum absolute atomic E-state index is 0.0943. The van der Waals surface area contributed by atoms with E-state index in [1.54, 1.807) is 0 Å². The fraction of sp³-hybridized carbons (Fsp3) is 0.885. The number of fused-ring (bicyclic) bond motifs is 1. The zero-order valence-electron chi connectivity index (χ0n) is 19.7. The molecule has 0 bridgehead atoms. The molecule has 0 heterocycles. The van der Waals surface area contributed by atoms with Gasteiger partial charge in [0, 0.05) is 12.3 Å². The highest BCUT2D eigenvalue weighted by atomic mass is 17.1. The first kappa shape index (κ1) is 25.5. The Morgan fingerprint density at radius 3 is 2.63 bits per heavy atom. The molecule has 0 saturated heterocycles. The Labute approximate surface area is 184 Å². The van der Waals surface area contributed by atoms with Gasteiger partial charge in [-0.2, -0.15) is 0 Å². The fourth-order valence-electron chi connectivity index (χ4n) is 5.71. The number of carbonyl (C=O) groups excluding carboxylic acids is 1. The van der Waals surface area contributed by atoms with Gasteiger partial charge in [0.05, 0.1) is 11.7 Å².